The van der Waals surface area contributed by atoms with Crippen molar-refractivity contribution >= 4 is 29.1 Å². The molecule has 0 saturated heterocycles. The number of aryl methyl sites for hydroxylation is 2. The number of aromatic nitrogens is 5. The van der Waals surface area contributed by atoms with Gasteiger partial charge in [-0.3, -0.25) is 9.59 Å². The van der Waals surface area contributed by atoms with E-state index in [1.165, 1.54) is 6.20 Å². The Hall–Kier alpha value is -3.79. The van der Waals surface area contributed by atoms with Gasteiger partial charge in [0, 0.05) is 24.4 Å². The summed E-state index contributed by atoms with van der Waals surface area (Å²) >= 11 is 6.23. The number of amides is 2. The molecule has 35 heavy (non-hydrogen) atoms. The van der Waals surface area contributed by atoms with E-state index in [4.69, 9.17) is 21.8 Å². The lowest BCUT2D eigenvalue weighted by atomic mass is 10.1. The van der Waals surface area contributed by atoms with Crippen LogP contribution in [-0.4, -0.2) is 48.1 Å². The summed E-state index contributed by atoms with van der Waals surface area (Å²) in [4.78, 5) is 31.0. The van der Waals surface area contributed by atoms with E-state index < -0.39 is 5.91 Å². The third-order valence-corrected chi connectivity index (χ3v) is 6.14. The number of hydrogen-bond donors (Lipinski definition) is 1. The van der Waals surface area contributed by atoms with Crippen molar-refractivity contribution in [3.63, 3.8) is 0 Å². The maximum Gasteiger partial charge on any atom is 0.254 e. The van der Waals surface area contributed by atoms with Gasteiger partial charge in [0.2, 0.25) is 17.7 Å². The Balaban J connectivity index is 1.49. The van der Waals surface area contributed by atoms with E-state index in [1.807, 2.05) is 32.9 Å². The topological polar surface area (TPSA) is 133 Å². The lowest BCUT2D eigenvalue weighted by molar-refractivity contribution is -0.132. The van der Waals surface area contributed by atoms with E-state index >= 15 is 0 Å². The fourth-order valence-electron chi connectivity index (χ4n) is 4.02. The van der Waals surface area contributed by atoms with Crippen molar-refractivity contribution in [3.8, 4) is 11.5 Å². The van der Waals surface area contributed by atoms with Crippen LogP contribution >= 0.6 is 11.6 Å². The van der Waals surface area contributed by atoms with E-state index in [9.17, 15) is 9.59 Å². The lowest BCUT2D eigenvalue weighted by Crippen LogP contribution is -2.31. The summed E-state index contributed by atoms with van der Waals surface area (Å²) in [5, 5.41) is 13.0. The second kappa shape index (κ2) is 10.2. The molecule has 2 amide bonds. The number of primary amides is 1. The van der Waals surface area contributed by atoms with Gasteiger partial charge in [0.1, 0.15) is 5.56 Å². The van der Waals surface area contributed by atoms with Crippen molar-refractivity contribution in [2.24, 2.45) is 5.73 Å². The van der Waals surface area contributed by atoms with Gasteiger partial charge in [-0.1, -0.05) is 30.7 Å². The average molecular weight is 496 g/mol. The molecular weight excluding hydrogens is 470 g/mol. The molecule has 0 fully saturated rings. The maximum atomic E-state index is 13.1. The lowest BCUT2D eigenvalue weighted by Gasteiger charge is -2.21. The molecule has 4 aromatic rings. The van der Waals surface area contributed by atoms with Crippen LogP contribution in [0.5, 0.6) is 0 Å². The summed E-state index contributed by atoms with van der Waals surface area (Å²) in [6.45, 7) is 6.50. The van der Waals surface area contributed by atoms with Gasteiger partial charge in [-0.05, 0) is 44.4 Å². The Labute approximate surface area is 207 Å². The first-order valence-corrected chi connectivity index (χ1v) is 11.7. The SMILES string of the molecule is CCCN(Cc1nnc(-c2ccccc2Cl)o1)C(=O)CCc1c(C)nc2c(C(N)=O)cnn2c1C. The molecule has 0 aliphatic rings. The molecule has 0 aliphatic carbocycles. The highest BCUT2D eigenvalue weighted by Gasteiger charge is 2.21. The molecule has 0 aliphatic heterocycles. The Morgan fingerprint density at radius 2 is 1.97 bits per heavy atom. The number of fused-ring (bicyclic) bond motifs is 1. The van der Waals surface area contributed by atoms with Crippen LogP contribution in [0.4, 0.5) is 0 Å². The highest BCUT2D eigenvalue weighted by molar-refractivity contribution is 6.33. The molecule has 2 N–H and O–H groups in total. The summed E-state index contributed by atoms with van der Waals surface area (Å²) in [6, 6.07) is 7.22. The molecule has 0 unspecified atom stereocenters. The zero-order chi connectivity index (χ0) is 25.1. The maximum absolute atomic E-state index is 13.1. The molecular formula is C24H26ClN7O3. The van der Waals surface area contributed by atoms with Gasteiger partial charge in [-0.25, -0.2) is 9.50 Å². The van der Waals surface area contributed by atoms with Crippen molar-refractivity contribution in [2.45, 2.75) is 46.6 Å². The van der Waals surface area contributed by atoms with Crippen LogP contribution in [0.25, 0.3) is 17.1 Å². The van der Waals surface area contributed by atoms with E-state index in [2.05, 4.69) is 20.3 Å². The fraction of sp³-hybridized carbons (Fsp3) is 0.333. The molecule has 0 saturated carbocycles. The minimum absolute atomic E-state index is 0.0402. The predicted molar refractivity (Wildman–Crippen MR) is 130 cm³/mol. The van der Waals surface area contributed by atoms with Crippen LogP contribution in [0.1, 0.15) is 53.0 Å². The number of carbonyl (C=O) groups excluding carboxylic acids is 2. The largest absolute Gasteiger partial charge is 0.419 e. The molecule has 11 heteroatoms. The Kier molecular flexibility index (Phi) is 7.11. The van der Waals surface area contributed by atoms with Gasteiger partial charge >= 0.3 is 0 Å². The fourth-order valence-corrected chi connectivity index (χ4v) is 4.24. The van der Waals surface area contributed by atoms with Crippen LogP contribution in [0.3, 0.4) is 0 Å². The molecule has 10 nitrogen and oxygen atoms in total. The van der Waals surface area contributed by atoms with Crippen LogP contribution in [-0.2, 0) is 17.8 Å². The molecule has 4 rings (SSSR count). The summed E-state index contributed by atoms with van der Waals surface area (Å²) < 4.78 is 7.38. The normalized spacial score (nSPS) is 11.2. The summed E-state index contributed by atoms with van der Waals surface area (Å²) in [6.07, 6.45) is 2.94. The minimum atomic E-state index is -0.580. The van der Waals surface area contributed by atoms with Gasteiger partial charge in [0.15, 0.2) is 5.65 Å². The van der Waals surface area contributed by atoms with Crippen LogP contribution in [0, 0.1) is 13.8 Å². The van der Waals surface area contributed by atoms with Gasteiger partial charge in [0.05, 0.1) is 23.3 Å². The van der Waals surface area contributed by atoms with E-state index in [0.29, 0.717) is 41.0 Å². The second-order valence-electron chi connectivity index (χ2n) is 8.22. The first-order chi connectivity index (χ1) is 16.8. The van der Waals surface area contributed by atoms with Crippen molar-refractivity contribution in [1.29, 1.82) is 0 Å². The third-order valence-electron chi connectivity index (χ3n) is 5.81. The summed E-state index contributed by atoms with van der Waals surface area (Å²) in [5.74, 6) is 0.0343. The van der Waals surface area contributed by atoms with E-state index in [-0.39, 0.29) is 24.4 Å². The molecule has 0 bridgehead atoms. The number of rotatable bonds is 9. The van der Waals surface area contributed by atoms with Crippen LogP contribution in [0.2, 0.25) is 5.02 Å². The monoisotopic (exact) mass is 495 g/mol. The van der Waals surface area contributed by atoms with Crippen LogP contribution in [0.15, 0.2) is 34.9 Å². The second-order valence-corrected chi connectivity index (χ2v) is 8.62. The number of benzene rings is 1. The van der Waals surface area contributed by atoms with Crippen molar-refractivity contribution in [2.75, 3.05) is 6.54 Å². The molecule has 3 heterocycles. The van der Waals surface area contributed by atoms with Crippen molar-refractivity contribution in [3.05, 3.63) is 63.9 Å². The van der Waals surface area contributed by atoms with Gasteiger partial charge in [0.25, 0.3) is 5.91 Å². The summed E-state index contributed by atoms with van der Waals surface area (Å²) in [5.41, 5.74) is 9.20. The molecule has 0 atom stereocenters. The van der Waals surface area contributed by atoms with Gasteiger partial charge in [-0.15, -0.1) is 10.2 Å². The standard InChI is InChI=1S/C24H26ClN7O3/c1-4-11-31(13-20-29-30-24(35-20)17-7-5-6-8-19(17)25)21(33)10-9-16-14(2)28-23-18(22(26)34)12-27-32(23)15(16)3/h5-8,12H,4,9-11,13H2,1-3H3,(H2,26,34). The zero-order valence-corrected chi connectivity index (χ0v) is 20.5. The van der Waals surface area contributed by atoms with E-state index in [0.717, 1.165) is 23.4 Å². The quantitative estimate of drug-likeness (QED) is 0.375. The number of nitrogens with zero attached hydrogens (tertiary/aromatic N) is 6. The van der Waals surface area contributed by atoms with Gasteiger partial charge < -0.3 is 15.1 Å². The number of carbonyl (C=O) groups is 2. The Bertz CT molecular complexity index is 1400. The smallest absolute Gasteiger partial charge is 0.254 e. The van der Waals surface area contributed by atoms with E-state index in [1.54, 1.807) is 21.5 Å². The Morgan fingerprint density at radius 3 is 2.69 bits per heavy atom. The number of hydrogen-bond acceptors (Lipinski definition) is 7. The molecule has 0 spiro atoms. The highest BCUT2D eigenvalue weighted by atomic mass is 35.5. The highest BCUT2D eigenvalue weighted by Crippen LogP contribution is 2.26. The first kappa shape index (κ1) is 24.3. The zero-order valence-electron chi connectivity index (χ0n) is 19.8. The number of nitrogens with two attached hydrogens (primary N) is 1. The molecule has 182 valence electrons. The van der Waals surface area contributed by atoms with Crippen LogP contribution < -0.4 is 5.73 Å². The molecule has 3 aromatic heterocycles. The predicted octanol–water partition coefficient (Wildman–Crippen LogP) is 3.52. The minimum Gasteiger partial charge on any atom is -0.419 e. The van der Waals surface area contributed by atoms with Gasteiger partial charge in [-0.2, -0.15) is 5.10 Å². The first-order valence-electron chi connectivity index (χ1n) is 11.3. The molecule has 0 radical (unpaired) electrons. The summed E-state index contributed by atoms with van der Waals surface area (Å²) in [7, 11) is 0. The average Bonchev–Trinajstić information content (AvgIpc) is 3.46. The Morgan fingerprint density at radius 1 is 1.20 bits per heavy atom. The van der Waals surface area contributed by atoms with Crippen molar-refractivity contribution in [1.82, 2.24) is 29.7 Å². The molecule has 1 aromatic carbocycles. The number of halogens is 1. The third kappa shape index (κ3) is 5.02. The van der Waals surface area contributed by atoms with Crippen molar-refractivity contribution < 1.29 is 14.0 Å².